The average molecular weight is 288 g/mol. The number of alkyl halides is 2. The molecule has 0 N–H and O–H groups in total. The fraction of sp³-hybridized carbons (Fsp3) is 0.125. The van der Waals surface area contributed by atoms with Gasteiger partial charge in [-0.3, -0.25) is 0 Å². The van der Waals surface area contributed by atoms with Crippen molar-refractivity contribution in [3.05, 3.63) is 65.2 Å². The van der Waals surface area contributed by atoms with E-state index in [1.165, 1.54) is 23.9 Å². The molecule has 2 aromatic carbocycles. The number of benzene rings is 2. The number of hydrogen-bond acceptors (Lipinski definition) is 3. The van der Waals surface area contributed by atoms with Crippen LogP contribution in [-0.2, 0) is 0 Å². The highest BCUT2D eigenvalue weighted by Gasteiger charge is 2.02. The van der Waals surface area contributed by atoms with Crippen LogP contribution in [0, 0.1) is 6.92 Å². The van der Waals surface area contributed by atoms with Gasteiger partial charge in [-0.25, -0.2) is 0 Å². The van der Waals surface area contributed by atoms with Gasteiger partial charge >= 0.3 is 6.61 Å². The summed E-state index contributed by atoms with van der Waals surface area (Å²) in [6, 6.07) is 14.1. The predicted molar refractivity (Wildman–Crippen MR) is 79.4 cm³/mol. The summed E-state index contributed by atoms with van der Waals surface area (Å²) in [4.78, 5) is 0. The number of rotatable bonds is 5. The van der Waals surface area contributed by atoms with Gasteiger partial charge in [0.1, 0.15) is 5.75 Å². The van der Waals surface area contributed by atoms with Gasteiger partial charge in [-0.05, 0) is 42.3 Å². The van der Waals surface area contributed by atoms with Gasteiger partial charge < -0.3 is 4.74 Å². The van der Waals surface area contributed by atoms with Crippen LogP contribution in [0.2, 0.25) is 0 Å². The van der Waals surface area contributed by atoms with Crippen molar-refractivity contribution in [2.45, 2.75) is 13.5 Å². The van der Waals surface area contributed by atoms with Crippen LogP contribution in [0.5, 0.6) is 5.75 Å². The normalized spacial score (nSPS) is 11.6. The lowest BCUT2D eigenvalue weighted by Crippen LogP contribution is -2.01. The number of hydrogen-bond donors (Lipinski definition) is 0. The van der Waals surface area contributed by atoms with Gasteiger partial charge in [-0.15, -0.1) is 0 Å². The minimum atomic E-state index is -2.82. The van der Waals surface area contributed by atoms with Crippen LogP contribution in [-0.4, -0.2) is 19.0 Å². The average Bonchev–Trinajstić information content (AvgIpc) is 2.46. The zero-order valence-corrected chi connectivity index (χ0v) is 11.4. The Labute approximate surface area is 121 Å². The topological polar surface area (TPSA) is 34.0 Å². The number of ether oxygens (including phenoxy) is 1. The second-order valence-electron chi connectivity index (χ2n) is 4.35. The quantitative estimate of drug-likeness (QED) is 0.603. The van der Waals surface area contributed by atoms with E-state index in [-0.39, 0.29) is 5.75 Å². The first-order valence-electron chi connectivity index (χ1n) is 6.31. The Bertz CT molecular complexity index is 620. The second kappa shape index (κ2) is 7.28. The molecule has 0 aliphatic heterocycles. The first kappa shape index (κ1) is 14.8. The lowest BCUT2D eigenvalue weighted by Gasteiger charge is -2.03. The van der Waals surface area contributed by atoms with Crippen molar-refractivity contribution in [1.82, 2.24) is 0 Å². The van der Waals surface area contributed by atoms with Crippen LogP contribution in [0.25, 0.3) is 0 Å². The molecule has 0 heterocycles. The molecule has 0 aromatic heterocycles. The fourth-order valence-electron chi connectivity index (χ4n) is 1.59. The monoisotopic (exact) mass is 288 g/mol. The van der Waals surface area contributed by atoms with Gasteiger partial charge in [0.2, 0.25) is 0 Å². The summed E-state index contributed by atoms with van der Waals surface area (Å²) in [5, 5.41) is 7.84. The highest BCUT2D eigenvalue weighted by atomic mass is 19.3. The van der Waals surface area contributed by atoms with Crippen LogP contribution in [0.3, 0.4) is 0 Å². The van der Waals surface area contributed by atoms with Crippen LogP contribution < -0.4 is 4.74 Å². The first-order chi connectivity index (χ1) is 10.1. The van der Waals surface area contributed by atoms with Gasteiger partial charge in [0.15, 0.2) is 0 Å². The molecule has 0 radical (unpaired) electrons. The molecule has 21 heavy (non-hydrogen) atoms. The van der Waals surface area contributed by atoms with Crippen molar-refractivity contribution in [1.29, 1.82) is 0 Å². The standard InChI is InChI=1S/C16H14F2N2O/c1-12-2-4-13(5-3-12)10-19-20-11-14-6-8-15(9-7-14)21-16(17)18/h2-11,16H,1H3/b19-10+,20-11+. The Hall–Kier alpha value is -2.56. The van der Waals surface area contributed by atoms with Gasteiger partial charge in [-0.1, -0.05) is 29.8 Å². The Morgan fingerprint density at radius 1 is 0.857 bits per heavy atom. The fourth-order valence-corrected chi connectivity index (χ4v) is 1.59. The van der Waals surface area contributed by atoms with Crippen molar-refractivity contribution in [3.8, 4) is 5.75 Å². The number of nitrogens with zero attached hydrogens (tertiary/aromatic N) is 2. The van der Waals surface area contributed by atoms with E-state index >= 15 is 0 Å². The van der Waals surface area contributed by atoms with Crippen LogP contribution >= 0.6 is 0 Å². The molecule has 0 amide bonds. The maximum absolute atomic E-state index is 12.0. The van der Waals surface area contributed by atoms with Crippen LogP contribution in [0.1, 0.15) is 16.7 Å². The van der Waals surface area contributed by atoms with E-state index in [0.29, 0.717) is 0 Å². The summed E-state index contributed by atoms with van der Waals surface area (Å²) in [6.07, 6.45) is 3.18. The molecule has 2 aromatic rings. The zero-order valence-electron chi connectivity index (χ0n) is 11.4. The van der Waals surface area contributed by atoms with Crippen molar-refractivity contribution in [2.75, 3.05) is 0 Å². The van der Waals surface area contributed by atoms with E-state index in [2.05, 4.69) is 14.9 Å². The van der Waals surface area contributed by atoms with Crippen molar-refractivity contribution in [2.24, 2.45) is 10.2 Å². The summed E-state index contributed by atoms with van der Waals surface area (Å²) in [5.41, 5.74) is 2.89. The molecular weight excluding hydrogens is 274 g/mol. The molecule has 5 heteroatoms. The van der Waals surface area contributed by atoms with E-state index in [9.17, 15) is 8.78 Å². The molecule has 0 aliphatic carbocycles. The molecule has 0 aliphatic rings. The van der Waals surface area contributed by atoms with Gasteiger partial charge in [0, 0.05) is 0 Å². The van der Waals surface area contributed by atoms with E-state index in [4.69, 9.17) is 0 Å². The summed E-state index contributed by atoms with van der Waals surface area (Å²) in [6.45, 7) is -0.802. The minimum Gasteiger partial charge on any atom is -0.435 e. The van der Waals surface area contributed by atoms with E-state index in [1.807, 2.05) is 31.2 Å². The third-order valence-corrected chi connectivity index (χ3v) is 2.66. The summed E-state index contributed by atoms with van der Waals surface area (Å²) < 4.78 is 28.2. The minimum absolute atomic E-state index is 0.116. The molecule has 2 rings (SSSR count). The zero-order chi connectivity index (χ0) is 15.1. The molecule has 0 spiro atoms. The highest BCUT2D eigenvalue weighted by Crippen LogP contribution is 2.13. The lowest BCUT2D eigenvalue weighted by molar-refractivity contribution is -0.0498. The molecule has 3 nitrogen and oxygen atoms in total. The SMILES string of the molecule is Cc1ccc(/C=N/N=C/c2ccc(OC(F)F)cc2)cc1. The predicted octanol–water partition coefficient (Wildman–Crippen LogP) is 4.05. The largest absolute Gasteiger partial charge is 0.435 e. The maximum Gasteiger partial charge on any atom is 0.387 e. The van der Waals surface area contributed by atoms with Crippen molar-refractivity contribution in [3.63, 3.8) is 0 Å². The summed E-state index contributed by atoms with van der Waals surface area (Å²) in [5.74, 6) is 0.116. The van der Waals surface area contributed by atoms with Crippen LogP contribution in [0.4, 0.5) is 8.78 Å². The third-order valence-electron chi connectivity index (χ3n) is 2.66. The molecule has 0 saturated carbocycles. The molecular formula is C16H14F2N2O. The summed E-state index contributed by atoms with van der Waals surface area (Å²) in [7, 11) is 0. The third kappa shape index (κ3) is 5.14. The molecule has 0 unspecified atom stereocenters. The van der Waals surface area contributed by atoms with E-state index in [0.717, 1.165) is 11.1 Å². The van der Waals surface area contributed by atoms with Gasteiger partial charge in [-0.2, -0.15) is 19.0 Å². The van der Waals surface area contributed by atoms with E-state index < -0.39 is 6.61 Å². The van der Waals surface area contributed by atoms with E-state index in [1.54, 1.807) is 18.3 Å². The molecule has 0 atom stereocenters. The first-order valence-corrected chi connectivity index (χ1v) is 6.31. The Balaban J connectivity index is 1.93. The van der Waals surface area contributed by atoms with Crippen molar-refractivity contribution < 1.29 is 13.5 Å². The van der Waals surface area contributed by atoms with Gasteiger partial charge in [0.05, 0.1) is 12.4 Å². The maximum atomic E-state index is 12.0. The number of halogens is 2. The second-order valence-corrected chi connectivity index (χ2v) is 4.35. The Morgan fingerprint density at radius 3 is 1.81 bits per heavy atom. The lowest BCUT2D eigenvalue weighted by atomic mass is 10.2. The number of aryl methyl sites for hydroxylation is 1. The Kier molecular flexibility index (Phi) is 5.15. The van der Waals surface area contributed by atoms with Gasteiger partial charge in [0.25, 0.3) is 0 Å². The highest BCUT2D eigenvalue weighted by molar-refractivity contribution is 5.82. The molecule has 0 bridgehead atoms. The summed E-state index contributed by atoms with van der Waals surface area (Å²) >= 11 is 0. The van der Waals surface area contributed by atoms with Crippen molar-refractivity contribution >= 4 is 12.4 Å². The van der Waals surface area contributed by atoms with Crippen LogP contribution in [0.15, 0.2) is 58.7 Å². The molecule has 0 fully saturated rings. The molecule has 108 valence electrons. The Morgan fingerprint density at radius 2 is 1.33 bits per heavy atom. The smallest absolute Gasteiger partial charge is 0.387 e. The molecule has 0 saturated heterocycles.